The summed E-state index contributed by atoms with van der Waals surface area (Å²) in [6, 6.07) is 17.8. The van der Waals surface area contributed by atoms with Gasteiger partial charge in [0.15, 0.2) is 0 Å². The summed E-state index contributed by atoms with van der Waals surface area (Å²) in [5, 5.41) is 13.7. The van der Waals surface area contributed by atoms with E-state index < -0.39 is 5.91 Å². The summed E-state index contributed by atoms with van der Waals surface area (Å²) in [4.78, 5) is 12.7. The number of nitriles is 1. The summed E-state index contributed by atoms with van der Waals surface area (Å²) >= 11 is 18.2. The van der Waals surface area contributed by atoms with Gasteiger partial charge in [0.05, 0.1) is 10.0 Å². The van der Waals surface area contributed by atoms with Crippen LogP contribution in [-0.2, 0) is 11.4 Å². The number of rotatable bonds is 6. The first-order chi connectivity index (χ1) is 15.3. The third-order valence-corrected chi connectivity index (χ3v) is 5.62. The van der Waals surface area contributed by atoms with E-state index in [2.05, 4.69) is 5.32 Å². The number of amides is 1. The highest BCUT2D eigenvalue weighted by molar-refractivity contribution is 6.42. The molecule has 32 heavy (non-hydrogen) atoms. The van der Waals surface area contributed by atoms with Crippen molar-refractivity contribution in [3.8, 4) is 11.8 Å². The molecule has 0 heterocycles. The van der Waals surface area contributed by atoms with Gasteiger partial charge < -0.3 is 10.1 Å². The summed E-state index contributed by atoms with van der Waals surface area (Å²) in [6.45, 7) is 4.08. The molecule has 0 aromatic heterocycles. The van der Waals surface area contributed by atoms with Crippen molar-refractivity contribution >= 4 is 52.5 Å². The molecule has 3 aromatic carbocycles. The van der Waals surface area contributed by atoms with Crippen LogP contribution in [0.5, 0.6) is 5.75 Å². The highest BCUT2D eigenvalue weighted by Gasteiger charge is 2.13. The molecule has 0 radical (unpaired) electrons. The topological polar surface area (TPSA) is 62.1 Å². The van der Waals surface area contributed by atoms with Gasteiger partial charge in [0.1, 0.15) is 24.0 Å². The molecule has 162 valence electrons. The second kappa shape index (κ2) is 10.6. The van der Waals surface area contributed by atoms with Crippen LogP contribution < -0.4 is 10.1 Å². The number of carbonyl (C=O) groups is 1. The number of aryl methyl sites for hydroxylation is 2. The lowest BCUT2D eigenvalue weighted by atomic mass is 10.1. The van der Waals surface area contributed by atoms with E-state index in [4.69, 9.17) is 39.5 Å². The molecule has 1 amide bonds. The Labute approximate surface area is 202 Å². The molecule has 0 saturated carbocycles. The Hall–Kier alpha value is -2.97. The molecule has 0 unspecified atom stereocenters. The highest BCUT2D eigenvalue weighted by atomic mass is 35.5. The molecule has 7 heteroatoms. The predicted molar refractivity (Wildman–Crippen MR) is 130 cm³/mol. The summed E-state index contributed by atoms with van der Waals surface area (Å²) in [5.74, 6) is -0.0533. The number of anilines is 1. The monoisotopic (exact) mass is 484 g/mol. The zero-order chi connectivity index (χ0) is 23.3. The maximum atomic E-state index is 12.7. The van der Waals surface area contributed by atoms with Crippen LogP contribution in [-0.4, -0.2) is 5.91 Å². The maximum Gasteiger partial charge on any atom is 0.266 e. The molecule has 4 nitrogen and oxygen atoms in total. The first-order valence-corrected chi connectivity index (χ1v) is 10.8. The van der Waals surface area contributed by atoms with Gasteiger partial charge in [-0.25, -0.2) is 0 Å². The van der Waals surface area contributed by atoms with Crippen molar-refractivity contribution in [3.63, 3.8) is 0 Å². The largest absolute Gasteiger partial charge is 0.488 e. The summed E-state index contributed by atoms with van der Waals surface area (Å²) in [6.07, 6.45) is 1.45. The molecule has 0 bridgehead atoms. The van der Waals surface area contributed by atoms with Crippen molar-refractivity contribution in [1.29, 1.82) is 5.26 Å². The Balaban J connectivity index is 1.84. The Morgan fingerprint density at radius 2 is 1.81 bits per heavy atom. The lowest BCUT2D eigenvalue weighted by Crippen LogP contribution is -2.14. The second-order valence-corrected chi connectivity index (χ2v) is 8.41. The second-order valence-electron chi connectivity index (χ2n) is 7.16. The summed E-state index contributed by atoms with van der Waals surface area (Å²) in [7, 11) is 0. The van der Waals surface area contributed by atoms with Gasteiger partial charge in [0.25, 0.3) is 5.91 Å². The summed E-state index contributed by atoms with van der Waals surface area (Å²) in [5.41, 5.74) is 3.88. The van der Waals surface area contributed by atoms with Crippen LogP contribution in [0.3, 0.4) is 0 Å². The molecule has 0 aliphatic carbocycles. The van der Waals surface area contributed by atoms with Crippen molar-refractivity contribution in [2.45, 2.75) is 20.5 Å². The van der Waals surface area contributed by atoms with Gasteiger partial charge >= 0.3 is 0 Å². The average molecular weight is 486 g/mol. The average Bonchev–Trinajstić information content (AvgIpc) is 2.75. The van der Waals surface area contributed by atoms with Gasteiger partial charge in [-0.3, -0.25) is 4.79 Å². The maximum absolute atomic E-state index is 12.7. The van der Waals surface area contributed by atoms with E-state index in [1.807, 2.05) is 38.1 Å². The van der Waals surface area contributed by atoms with E-state index in [0.717, 1.165) is 16.7 Å². The molecule has 0 saturated heterocycles. The molecular weight excluding hydrogens is 467 g/mol. The van der Waals surface area contributed by atoms with E-state index in [1.165, 1.54) is 6.08 Å². The minimum Gasteiger partial charge on any atom is -0.488 e. The molecule has 3 rings (SSSR count). The fraction of sp³-hybridized carbons (Fsp3) is 0.120. The molecule has 0 aliphatic rings. The van der Waals surface area contributed by atoms with E-state index in [9.17, 15) is 10.1 Å². The molecule has 3 aromatic rings. The number of benzene rings is 3. The summed E-state index contributed by atoms with van der Waals surface area (Å²) < 4.78 is 5.90. The van der Waals surface area contributed by atoms with Crippen LogP contribution in [0.1, 0.15) is 22.3 Å². The van der Waals surface area contributed by atoms with E-state index in [-0.39, 0.29) is 12.2 Å². The number of hydrogen-bond acceptors (Lipinski definition) is 3. The van der Waals surface area contributed by atoms with Crippen LogP contribution >= 0.6 is 34.8 Å². The van der Waals surface area contributed by atoms with Crippen molar-refractivity contribution < 1.29 is 9.53 Å². The third-order valence-electron chi connectivity index (χ3n) is 4.65. The van der Waals surface area contributed by atoms with Crippen molar-refractivity contribution in [2.24, 2.45) is 0 Å². The van der Waals surface area contributed by atoms with Crippen LogP contribution in [0, 0.1) is 25.2 Å². The first kappa shape index (κ1) is 23.7. The number of ether oxygens (including phenoxy) is 1. The van der Waals surface area contributed by atoms with Gasteiger partial charge in [-0.05, 0) is 67.4 Å². The van der Waals surface area contributed by atoms with Gasteiger partial charge in [-0.1, -0.05) is 58.6 Å². The van der Waals surface area contributed by atoms with Crippen LogP contribution in [0.15, 0.2) is 60.2 Å². The Morgan fingerprint density at radius 1 is 1.03 bits per heavy atom. The zero-order valence-corrected chi connectivity index (χ0v) is 19.6. The van der Waals surface area contributed by atoms with Gasteiger partial charge in [-0.2, -0.15) is 5.26 Å². The Bertz CT molecular complexity index is 1250. The van der Waals surface area contributed by atoms with Crippen LogP contribution in [0.2, 0.25) is 15.1 Å². The first-order valence-electron chi connectivity index (χ1n) is 9.63. The minimum absolute atomic E-state index is 0.0772. The normalized spacial score (nSPS) is 11.1. The van der Waals surface area contributed by atoms with E-state index >= 15 is 0 Å². The zero-order valence-electron chi connectivity index (χ0n) is 17.4. The minimum atomic E-state index is -0.519. The Kier molecular flexibility index (Phi) is 7.82. The molecule has 1 N–H and O–H groups in total. The van der Waals surface area contributed by atoms with Crippen molar-refractivity contribution in [3.05, 3.63) is 97.5 Å². The third kappa shape index (κ3) is 6.05. The van der Waals surface area contributed by atoms with Gasteiger partial charge in [-0.15, -0.1) is 0 Å². The predicted octanol–water partition coefficient (Wildman–Crippen LogP) is 7.39. The van der Waals surface area contributed by atoms with E-state index in [1.54, 1.807) is 36.4 Å². The highest BCUT2D eigenvalue weighted by Crippen LogP contribution is 2.28. The lowest BCUT2D eigenvalue weighted by Gasteiger charge is -2.12. The number of nitrogens with one attached hydrogen (secondary N) is 1. The van der Waals surface area contributed by atoms with Crippen LogP contribution in [0.25, 0.3) is 6.08 Å². The molecular formula is C25H19Cl3N2O2. The van der Waals surface area contributed by atoms with Crippen LogP contribution in [0.4, 0.5) is 5.69 Å². The van der Waals surface area contributed by atoms with Crippen molar-refractivity contribution in [2.75, 3.05) is 5.32 Å². The quantitative estimate of drug-likeness (QED) is 0.292. The van der Waals surface area contributed by atoms with Crippen molar-refractivity contribution in [1.82, 2.24) is 0 Å². The molecule has 0 fully saturated rings. The Morgan fingerprint density at radius 3 is 2.50 bits per heavy atom. The van der Waals surface area contributed by atoms with E-state index in [0.29, 0.717) is 32.1 Å². The number of carbonyl (C=O) groups excluding carboxylic acids is 1. The standard InChI is InChI=1S/C25H19Cl3N2O2/c1-15-3-7-23(16(2)9-15)30-25(31)19(13-29)11-18-12-20(26)5-8-24(18)32-14-17-4-6-21(27)22(28)10-17/h3-12H,14H2,1-2H3,(H,30,31)/b19-11+. The number of nitrogens with zero attached hydrogens (tertiary/aromatic N) is 1. The fourth-order valence-electron chi connectivity index (χ4n) is 3.00. The molecule has 0 atom stereocenters. The smallest absolute Gasteiger partial charge is 0.266 e. The lowest BCUT2D eigenvalue weighted by molar-refractivity contribution is -0.112. The number of hydrogen-bond donors (Lipinski definition) is 1. The molecule has 0 aliphatic heterocycles. The van der Waals surface area contributed by atoms with Gasteiger partial charge in [0, 0.05) is 16.3 Å². The van der Waals surface area contributed by atoms with Gasteiger partial charge in [0.2, 0.25) is 0 Å². The number of halogens is 3. The fourth-order valence-corrected chi connectivity index (χ4v) is 3.50. The molecule has 0 spiro atoms. The SMILES string of the molecule is Cc1ccc(NC(=O)/C(C#N)=C/c2cc(Cl)ccc2OCc2ccc(Cl)c(Cl)c2)c(C)c1.